The number of methoxy groups -OCH3 is 1. The van der Waals surface area contributed by atoms with Crippen molar-refractivity contribution < 1.29 is 4.74 Å². The van der Waals surface area contributed by atoms with E-state index in [0.717, 1.165) is 25.1 Å². The smallest absolute Gasteiger partial charge is 0.118 e. The van der Waals surface area contributed by atoms with Crippen LogP contribution in [0.1, 0.15) is 24.5 Å². The minimum absolute atomic E-state index is 0.545. The average Bonchev–Trinajstić information content (AvgIpc) is 2.54. The van der Waals surface area contributed by atoms with Crippen molar-refractivity contribution in [1.82, 2.24) is 5.32 Å². The molecule has 2 aromatic carbocycles. The minimum Gasteiger partial charge on any atom is -0.497 e. The Bertz CT molecular complexity index is 507. The lowest BCUT2D eigenvalue weighted by molar-refractivity contribution is 0.414. The second-order valence-corrected chi connectivity index (χ2v) is 5.48. The van der Waals surface area contributed by atoms with Gasteiger partial charge in [-0.1, -0.05) is 42.5 Å². The van der Waals surface area contributed by atoms with Crippen molar-refractivity contribution in [3.05, 3.63) is 65.7 Å². The summed E-state index contributed by atoms with van der Waals surface area (Å²) in [6.07, 6.45) is 3.36. The van der Waals surface area contributed by atoms with E-state index in [2.05, 4.69) is 54.7 Å². The fourth-order valence-corrected chi connectivity index (χ4v) is 2.39. The van der Waals surface area contributed by atoms with E-state index in [1.807, 2.05) is 12.1 Å². The highest BCUT2D eigenvalue weighted by atomic mass is 16.5. The van der Waals surface area contributed by atoms with Crippen molar-refractivity contribution in [3.8, 4) is 5.75 Å². The summed E-state index contributed by atoms with van der Waals surface area (Å²) in [5.74, 6) is 0.919. The Balaban J connectivity index is 1.65. The predicted molar refractivity (Wildman–Crippen MR) is 88.9 cm³/mol. The molecule has 0 saturated heterocycles. The monoisotopic (exact) mass is 283 g/mol. The largest absolute Gasteiger partial charge is 0.497 e. The number of benzene rings is 2. The lowest BCUT2D eigenvalue weighted by Gasteiger charge is -2.14. The SMILES string of the molecule is COc1ccc(CCN[C@@H](C)CCc2ccccc2)cc1. The zero-order valence-electron chi connectivity index (χ0n) is 13.0. The lowest BCUT2D eigenvalue weighted by Crippen LogP contribution is -2.28. The first-order valence-corrected chi connectivity index (χ1v) is 7.68. The van der Waals surface area contributed by atoms with Crippen LogP contribution < -0.4 is 10.1 Å². The summed E-state index contributed by atoms with van der Waals surface area (Å²) in [6, 6.07) is 19.5. The summed E-state index contributed by atoms with van der Waals surface area (Å²) in [5, 5.41) is 3.60. The Morgan fingerprint density at radius 1 is 0.905 bits per heavy atom. The molecule has 2 heteroatoms. The van der Waals surface area contributed by atoms with Gasteiger partial charge in [0.2, 0.25) is 0 Å². The molecule has 112 valence electrons. The van der Waals surface area contributed by atoms with Crippen LogP contribution >= 0.6 is 0 Å². The van der Waals surface area contributed by atoms with E-state index in [1.54, 1.807) is 7.11 Å². The molecule has 0 saturated carbocycles. The number of rotatable bonds is 8. The second-order valence-electron chi connectivity index (χ2n) is 5.48. The van der Waals surface area contributed by atoms with Crippen LogP contribution in [0.2, 0.25) is 0 Å². The van der Waals surface area contributed by atoms with Gasteiger partial charge in [-0.15, -0.1) is 0 Å². The first-order chi connectivity index (χ1) is 10.3. The van der Waals surface area contributed by atoms with Gasteiger partial charge in [-0.05, 0) is 56.0 Å². The first-order valence-electron chi connectivity index (χ1n) is 7.68. The van der Waals surface area contributed by atoms with Crippen LogP contribution in [0.25, 0.3) is 0 Å². The zero-order valence-corrected chi connectivity index (χ0v) is 13.0. The number of hydrogen-bond acceptors (Lipinski definition) is 2. The van der Waals surface area contributed by atoms with Gasteiger partial charge in [-0.25, -0.2) is 0 Å². The van der Waals surface area contributed by atoms with Gasteiger partial charge < -0.3 is 10.1 Å². The molecule has 0 aliphatic heterocycles. The van der Waals surface area contributed by atoms with Gasteiger partial charge in [-0.2, -0.15) is 0 Å². The number of hydrogen-bond donors (Lipinski definition) is 1. The molecule has 21 heavy (non-hydrogen) atoms. The molecule has 2 aromatic rings. The third-order valence-electron chi connectivity index (χ3n) is 3.77. The molecule has 0 bridgehead atoms. The van der Waals surface area contributed by atoms with Crippen molar-refractivity contribution in [2.24, 2.45) is 0 Å². The topological polar surface area (TPSA) is 21.3 Å². The molecule has 2 nitrogen and oxygen atoms in total. The molecular formula is C19H25NO. The molecular weight excluding hydrogens is 258 g/mol. The molecule has 0 unspecified atom stereocenters. The molecule has 1 atom stereocenters. The maximum atomic E-state index is 5.17. The van der Waals surface area contributed by atoms with Gasteiger partial charge in [0.25, 0.3) is 0 Å². The Hall–Kier alpha value is -1.80. The summed E-state index contributed by atoms with van der Waals surface area (Å²) >= 11 is 0. The molecule has 0 amide bonds. The predicted octanol–water partition coefficient (Wildman–Crippen LogP) is 3.85. The number of aryl methyl sites for hydroxylation is 1. The molecule has 0 spiro atoms. The van der Waals surface area contributed by atoms with Crippen LogP contribution in [0.3, 0.4) is 0 Å². The lowest BCUT2D eigenvalue weighted by atomic mass is 10.1. The second kappa shape index (κ2) is 8.48. The highest BCUT2D eigenvalue weighted by Gasteiger charge is 2.02. The molecule has 0 heterocycles. The van der Waals surface area contributed by atoms with Gasteiger partial charge in [0.15, 0.2) is 0 Å². The summed E-state index contributed by atoms with van der Waals surface area (Å²) in [5.41, 5.74) is 2.76. The van der Waals surface area contributed by atoms with Crippen LogP contribution in [0, 0.1) is 0 Å². The van der Waals surface area contributed by atoms with E-state index in [4.69, 9.17) is 4.74 Å². The van der Waals surface area contributed by atoms with Gasteiger partial charge in [-0.3, -0.25) is 0 Å². The third kappa shape index (κ3) is 5.60. The minimum atomic E-state index is 0.545. The molecule has 0 aromatic heterocycles. The van der Waals surface area contributed by atoms with Crippen LogP contribution in [-0.4, -0.2) is 19.7 Å². The third-order valence-corrected chi connectivity index (χ3v) is 3.77. The highest BCUT2D eigenvalue weighted by Crippen LogP contribution is 2.11. The van der Waals surface area contributed by atoms with Crippen molar-refractivity contribution in [1.29, 1.82) is 0 Å². The molecule has 0 aliphatic rings. The maximum Gasteiger partial charge on any atom is 0.118 e. The summed E-state index contributed by atoms with van der Waals surface area (Å²) in [6.45, 7) is 3.28. The van der Waals surface area contributed by atoms with E-state index in [1.165, 1.54) is 17.5 Å². The Kier molecular flexibility index (Phi) is 6.29. The molecule has 1 N–H and O–H groups in total. The molecule has 2 rings (SSSR count). The van der Waals surface area contributed by atoms with Crippen molar-refractivity contribution in [2.45, 2.75) is 32.2 Å². The Labute approximate surface area is 128 Å². The molecule has 0 aliphatic carbocycles. The van der Waals surface area contributed by atoms with Gasteiger partial charge in [0.05, 0.1) is 7.11 Å². The van der Waals surface area contributed by atoms with Gasteiger partial charge in [0, 0.05) is 6.04 Å². The maximum absolute atomic E-state index is 5.17. The number of ether oxygens (including phenoxy) is 1. The Morgan fingerprint density at radius 2 is 1.57 bits per heavy atom. The highest BCUT2D eigenvalue weighted by molar-refractivity contribution is 5.27. The Morgan fingerprint density at radius 3 is 2.24 bits per heavy atom. The fourth-order valence-electron chi connectivity index (χ4n) is 2.39. The first kappa shape index (κ1) is 15.6. The summed E-state index contributed by atoms with van der Waals surface area (Å²) in [4.78, 5) is 0. The van der Waals surface area contributed by atoms with Crippen LogP contribution in [0.15, 0.2) is 54.6 Å². The summed E-state index contributed by atoms with van der Waals surface area (Å²) in [7, 11) is 1.70. The van der Waals surface area contributed by atoms with E-state index in [0.29, 0.717) is 6.04 Å². The summed E-state index contributed by atoms with van der Waals surface area (Å²) < 4.78 is 5.17. The van der Waals surface area contributed by atoms with E-state index >= 15 is 0 Å². The van der Waals surface area contributed by atoms with Crippen molar-refractivity contribution in [3.63, 3.8) is 0 Å². The van der Waals surface area contributed by atoms with E-state index < -0.39 is 0 Å². The van der Waals surface area contributed by atoms with E-state index in [9.17, 15) is 0 Å². The number of nitrogens with one attached hydrogen (secondary N) is 1. The van der Waals surface area contributed by atoms with Crippen LogP contribution in [-0.2, 0) is 12.8 Å². The molecule has 0 fully saturated rings. The van der Waals surface area contributed by atoms with Crippen LogP contribution in [0.5, 0.6) is 5.75 Å². The quantitative estimate of drug-likeness (QED) is 0.794. The fraction of sp³-hybridized carbons (Fsp3) is 0.368. The van der Waals surface area contributed by atoms with E-state index in [-0.39, 0.29) is 0 Å². The molecule has 0 radical (unpaired) electrons. The van der Waals surface area contributed by atoms with Crippen molar-refractivity contribution in [2.75, 3.05) is 13.7 Å². The normalized spacial score (nSPS) is 12.1. The standard InChI is InChI=1S/C19H25NO/c1-16(8-9-17-6-4-3-5-7-17)20-15-14-18-10-12-19(21-2)13-11-18/h3-7,10-13,16,20H,8-9,14-15H2,1-2H3/t16-/m0/s1. The average molecular weight is 283 g/mol. The van der Waals surface area contributed by atoms with Crippen molar-refractivity contribution >= 4 is 0 Å². The zero-order chi connectivity index (χ0) is 14.9. The van der Waals surface area contributed by atoms with Gasteiger partial charge >= 0.3 is 0 Å². The van der Waals surface area contributed by atoms with Gasteiger partial charge in [0.1, 0.15) is 5.75 Å². The van der Waals surface area contributed by atoms with Crippen LogP contribution in [0.4, 0.5) is 0 Å².